The average Bonchev–Trinajstić information content (AvgIpc) is 2.77. The minimum Gasteiger partial charge on any atom is -0.383 e. The molecule has 0 radical (unpaired) electrons. The molecule has 2 heterocycles. The fourth-order valence-electron chi connectivity index (χ4n) is 2.47. The number of rotatable bonds is 5. The van der Waals surface area contributed by atoms with Crippen molar-refractivity contribution in [2.24, 2.45) is 5.41 Å². The zero-order valence-electron chi connectivity index (χ0n) is 11.4. The number of hydrogen-bond donors (Lipinski definition) is 1. The lowest BCUT2D eigenvalue weighted by Crippen LogP contribution is -2.44. The summed E-state index contributed by atoms with van der Waals surface area (Å²) in [5.41, 5.74) is 0.108. The predicted octanol–water partition coefficient (Wildman–Crippen LogP) is 1.76. The number of nitrogens with one attached hydrogen (secondary N) is 1. The van der Waals surface area contributed by atoms with Crippen LogP contribution in [0.2, 0.25) is 5.02 Å². The molecule has 1 aromatic heterocycles. The maximum absolute atomic E-state index is 12.8. The Labute approximate surface area is 118 Å². The summed E-state index contributed by atoms with van der Waals surface area (Å²) in [5, 5.41) is 7.87. The summed E-state index contributed by atoms with van der Waals surface area (Å²) in [6, 6.07) is 0. The van der Waals surface area contributed by atoms with Crippen LogP contribution >= 0.6 is 11.6 Å². The number of ketones is 1. The molecule has 1 saturated heterocycles. The normalized spacial score (nSPS) is 23.5. The smallest absolute Gasteiger partial charge is 0.189 e. The molecule has 106 valence electrons. The van der Waals surface area contributed by atoms with Gasteiger partial charge in [-0.15, -0.1) is 0 Å². The molecule has 1 atom stereocenters. The molecular formula is C13H20ClN3O2. The van der Waals surface area contributed by atoms with Crippen LogP contribution in [0.5, 0.6) is 0 Å². The average molecular weight is 286 g/mol. The number of carbonyl (C=O) groups is 1. The largest absolute Gasteiger partial charge is 0.383 e. The standard InChI is InChI=1S/C13H20ClN3O2/c1-13(4-3-5-15-9-13)12(18)11-10(14)8-16-17(11)6-7-19-2/h8,15H,3-7,9H2,1-2H3. The summed E-state index contributed by atoms with van der Waals surface area (Å²) in [7, 11) is 1.62. The number of ether oxygens (including phenoxy) is 1. The highest BCUT2D eigenvalue weighted by Crippen LogP contribution is 2.32. The molecule has 1 N–H and O–H groups in total. The Kier molecular flexibility index (Phi) is 4.60. The molecule has 2 rings (SSSR count). The molecule has 5 nitrogen and oxygen atoms in total. The summed E-state index contributed by atoms with van der Waals surface area (Å²) in [6.07, 6.45) is 3.42. The molecule has 0 bridgehead atoms. The number of piperidine rings is 1. The molecule has 0 amide bonds. The van der Waals surface area contributed by atoms with Gasteiger partial charge in [-0.25, -0.2) is 0 Å². The van der Waals surface area contributed by atoms with Crippen molar-refractivity contribution in [3.63, 3.8) is 0 Å². The maximum atomic E-state index is 12.8. The zero-order valence-corrected chi connectivity index (χ0v) is 12.2. The third-order valence-corrected chi connectivity index (χ3v) is 3.94. The van der Waals surface area contributed by atoms with Crippen LogP contribution in [0.25, 0.3) is 0 Å². The van der Waals surface area contributed by atoms with Gasteiger partial charge in [-0.3, -0.25) is 9.48 Å². The fourth-order valence-corrected chi connectivity index (χ4v) is 2.70. The van der Waals surface area contributed by atoms with E-state index in [9.17, 15) is 4.79 Å². The third kappa shape index (κ3) is 2.99. The van der Waals surface area contributed by atoms with Crippen LogP contribution < -0.4 is 5.32 Å². The first-order valence-electron chi connectivity index (χ1n) is 6.54. The van der Waals surface area contributed by atoms with E-state index >= 15 is 0 Å². The van der Waals surface area contributed by atoms with Gasteiger partial charge in [-0.05, 0) is 19.4 Å². The van der Waals surface area contributed by atoms with Crippen molar-refractivity contribution in [2.45, 2.75) is 26.3 Å². The van der Waals surface area contributed by atoms with E-state index < -0.39 is 5.41 Å². The van der Waals surface area contributed by atoms with Crippen molar-refractivity contribution in [1.82, 2.24) is 15.1 Å². The summed E-state index contributed by atoms with van der Waals surface area (Å²) >= 11 is 6.13. The van der Waals surface area contributed by atoms with E-state index in [1.165, 1.54) is 6.20 Å². The van der Waals surface area contributed by atoms with Crippen molar-refractivity contribution in [2.75, 3.05) is 26.8 Å². The van der Waals surface area contributed by atoms with Gasteiger partial charge in [0.25, 0.3) is 0 Å². The number of Topliss-reactive ketones (excluding diaryl/α,β-unsaturated/α-hetero) is 1. The Bertz CT molecular complexity index is 453. The predicted molar refractivity (Wildman–Crippen MR) is 73.7 cm³/mol. The minimum absolute atomic E-state index is 0.0679. The molecule has 0 aromatic carbocycles. The van der Waals surface area contributed by atoms with Crippen LogP contribution in [0.4, 0.5) is 0 Å². The molecule has 1 aliphatic rings. The van der Waals surface area contributed by atoms with Crippen molar-refractivity contribution >= 4 is 17.4 Å². The number of carbonyl (C=O) groups excluding carboxylic acids is 1. The number of hydrogen-bond acceptors (Lipinski definition) is 4. The Balaban J connectivity index is 2.24. The summed E-state index contributed by atoms with van der Waals surface area (Å²) in [4.78, 5) is 12.8. The topological polar surface area (TPSA) is 56.2 Å². The maximum Gasteiger partial charge on any atom is 0.189 e. The minimum atomic E-state index is -0.396. The summed E-state index contributed by atoms with van der Waals surface area (Å²) in [5.74, 6) is 0.0679. The van der Waals surface area contributed by atoms with Crippen molar-refractivity contribution in [1.29, 1.82) is 0 Å². The van der Waals surface area contributed by atoms with Crippen molar-refractivity contribution < 1.29 is 9.53 Å². The molecule has 1 fully saturated rings. The van der Waals surface area contributed by atoms with Gasteiger partial charge >= 0.3 is 0 Å². The van der Waals surface area contributed by atoms with E-state index in [-0.39, 0.29) is 5.78 Å². The van der Waals surface area contributed by atoms with Crippen LogP contribution in [-0.2, 0) is 11.3 Å². The molecule has 0 aliphatic carbocycles. The first-order valence-corrected chi connectivity index (χ1v) is 6.92. The second kappa shape index (κ2) is 6.03. The van der Waals surface area contributed by atoms with Gasteiger partial charge in [0.1, 0.15) is 5.69 Å². The van der Waals surface area contributed by atoms with Crippen LogP contribution in [0.15, 0.2) is 6.20 Å². The van der Waals surface area contributed by atoms with Gasteiger partial charge in [-0.1, -0.05) is 18.5 Å². The van der Waals surface area contributed by atoms with E-state index in [2.05, 4.69) is 10.4 Å². The van der Waals surface area contributed by atoms with E-state index in [0.717, 1.165) is 19.4 Å². The summed E-state index contributed by atoms with van der Waals surface area (Å²) < 4.78 is 6.68. The first kappa shape index (κ1) is 14.5. The number of methoxy groups -OCH3 is 1. The highest BCUT2D eigenvalue weighted by Gasteiger charge is 2.38. The molecule has 0 spiro atoms. The van der Waals surface area contributed by atoms with Crippen LogP contribution in [-0.4, -0.2) is 42.4 Å². The Hall–Kier alpha value is -0.910. The first-order chi connectivity index (χ1) is 9.08. The fraction of sp³-hybridized carbons (Fsp3) is 0.692. The number of halogens is 1. The number of aromatic nitrogens is 2. The molecular weight excluding hydrogens is 266 g/mol. The van der Waals surface area contributed by atoms with Crippen molar-refractivity contribution in [3.05, 3.63) is 16.9 Å². The van der Waals surface area contributed by atoms with Gasteiger partial charge in [0.05, 0.1) is 24.4 Å². The van der Waals surface area contributed by atoms with Gasteiger partial charge in [0, 0.05) is 19.1 Å². The van der Waals surface area contributed by atoms with Crippen LogP contribution in [0.3, 0.4) is 0 Å². The Morgan fingerprint density at radius 1 is 1.68 bits per heavy atom. The molecule has 1 aromatic rings. The molecule has 19 heavy (non-hydrogen) atoms. The second-order valence-corrected chi connectivity index (χ2v) is 5.63. The third-order valence-electron chi connectivity index (χ3n) is 3.66. The molecule has 1 unspecified atom stereocenters. The van der Waals surface area contributed by atoms with Crippen LogP contribution in [0, 0.1) is 5.41 Å². The summed E-state index contributed by atoms with van der Waals surface area (Å²) in [6.45, 7) is 4.70. The lowest BCUT2D eigenvalue weighted by Gasteiger charge is -2.32. The van der Waals surface area contributed by atoms with E-state index in [0.29, 0.717) is 30.4 Å². The molecule has 6 heteroatoms. The monoisotopic (exact) mass is 285 g/mol. The quantitative estimate of drug-likeness (QED) is 0.838. The molecule has 1 aliphatic heterocycles. The lowest BCUT2D eigenvalue weighted by atomic mass is 9.77. The Morgan fingerprint density at radius 3 is 3.11 bits per heavy atom. The van der Waals surface area contributed by atoms with E-state index in [1.54, 1.807) is 11.8 Å². The Morgan fingerprint density at radius 2 is 2.47 bits per heavy atom. The zero-order chi connectivity index (χ0) is 13.9. The van der Waals surface area contributed by atoms with Crippen LogP contribution in [0.1, 0.15) is 30.3 Å². The van der Waals surface area contributed by atoms with Gasteiger partial charge in [-0.2, -0.15) is 5.10 Å². The van der Waals surface area contributed by atoms with Gasteiger partial charge in [0.15, 0.2) is 5.78 Å². The second-order valence-electron chi connectivity index (χ2n) is 5.23. The van der Waals surface area contributed by atoms with Gasteiger partial charge < -0.3 is 10.1 Å². The van der Waals surface area contributed by atoms with E-state index in [1.807, 2.05) is 6.92 Å². The highest BCUT2D eigenvalue weighted by molar-refractivity contribution is 6.33. The van der Waals surface area contributed by atoms with E-state index in [4.69, 9.17) is 16.3 Å². The SMILES string of the molecule is COCCn1ncc(Cl)c1C(=O)C1(C)CCCNC1. The molecule has 0 saturated carbocycles. The van der Waals surface area contributed by atoms with Crippen molar-refractivity contribution in [3.8, 4) is 0 Å². The van der Waals surface area contributed by atoms with Gasteiger partial charge in [0.2, 0.25) is 0 Å². The number of nitrogens with zero attached hydrogens (tertiary/aromatic N) is 2. The highest BCUT2D eigenvalue weighted by atomic mass is 35.5. The lowest BCUT2D eigenvalue weighted by molar-refractivity contribution is 0.0758.